The van der Waals surface area contributed by atoms with Crippen LogP contribution in [0.1, 0.15) is 19.8 Å². The lowest BCUT2D eigenvalue weighted by Crippen LogP contribution is -2.48. The molecule has 1 fully saturated rings. The minimum Gasteiger partial charge on any atom is -0.314 e. The lowest BCUT2D eigenvalue weighted by molar-refractivity contribution is -0.0887. The molecule has 102 valence electrons. The lowest BCUT2D eigenvalue weighted by atomic mass is 9.93. The highest BCUT2D eigenvalue weighted by atomic mass is 19.4. The van der Waals surface area contributed by atoms with Crippen molar-refractivity contribution in [3.8, 4) is 0 Å². The molecule has 0 aromatic rings. The maximum absolute atomic E-state index is 12.7. The van der Waals surface area contributed by atoms with Crippen LogP contribution in [0, 0.1) is 0 Å². The van der Waals surface area contributed by atoms with Crippen LogP contribution in [-0.2, 0) is 0 Å². The normalized spacial score (nSPS) is 24.4. The summed E-state index contributed by atoms with van der Waals surface area (Å²) in [6.45, 7) is 5.66. The number of hydrogen-bond donors (Lipinski definition) is 1. The largest absolute Gasteiger partial charge is 0.416 e. The van der Waals surface area contributed by atoms with Crippen LogP contribution in [0.2, 0.25) is 0 Å². The average molecular weight is 260 g/mol. The molecule has 0 radical (unpaired) electrons. The van der Waals surface area contributed by atoms with Gasteiger partial charge < -0.3 is 5.32 Å². The first-order valence-electron chi connectivity index (χ1n) is 6.41. The molecular weight excluding hydrogens is 241 g/mol. The molecule has 1 heterocycles. The Morgan fingerprint density at radius 2 is 1.94 bits per heavy atom. The number of halogens is 3. The van der Waals surface area contributed by atoms with E-state index in [1.807, 2.05) is 6.92 Å². The molecule has 0 amide bonds. The van der Waals surface area contributed by atoms with Gasteiger partial charge in [-0.05, 0) is 25.8 Å². The van der Waals surface area contributed by atoms with E-state index in [4.69, 9.17) is 0 Å². The summed E-state index contributed by atoms with van der Waals surface area (Å²) in [5.74, 6) is 0. The SMILES string of the molecule is CC(C1=CC(C(F)(F)F)=CCC1)N1CCNCC1. The van der Waals surface area contributed by atoms with Crippen molar-refractivity contribution in [2.45, 2.75) is 32.0 Å². The summed E-state index contributed by atoms with van der Waals surface area (Å²) < 4.78 is 38.1. The number of piperazine rings is 1. The average Bonchev–Trinajstić information content (AvgIpc) is 2.38. The molecule has 5 heteroatoms. The third kappa shape index (κ3) is 3.14. The van der Waals surface area contributed by atoms with Gasteiger partial charge in [-0.15, -0.1) is 0 Å². The van der Waals surface area contributed by atoms with Gasteiger partial charge in [0.2, 0.25) is 0 Å². The van der Waals surface area contributed by atoms with Gasteiger partial charge in [0.15, 0.2) is 0 Å². The fourth-order valence-corrected chi connectivity index (χ4v) is 2.56. The Balaban J connectivity index is 2.08. The number of hydrogen-bond acceptors (Lipinski definition) is 2. The summed E-state index contributed by atoms with van der Waals surface area (Å²) in [5, 5.41) is 3.25. The second-order valence-corrected chi connectivity index (χ2v) is 4.88. The highest BCUT2D eigenvalue weighted by Gasteiger charge is 2.34. The van der Waals surface area contributed by atoms with Gasteiger partial charge in [-0.2, -0.15) is 13.2 Å². The number of nitrogens with zero attached hydrogens (tertiary/aromatic N) is 1. The second-order valence-electron chi connectivity index (χ2n) is 4.88. The van der Waals surface area contributed by atoms with Crippen molar-refractivity contribution in [1.82, 2.24) is 10.2 Å². The van der Waals surface area contributed by atoms with Crippen LogP contribution in [-0.4, -0.2) is 43.3 Å². The third-order valence-corrected chi connectivity index (χ3v) is 3.70. The van der Waals surface area contributed by atoms with Crippen LogP contribution in [0.15, 0.2) is 23.3 Å². The van der Waals surface area contributed by atoms with Crippen molar-refractivity contribution in [2.75, 3.05) is 26.2 Å². The van der Waals surface area contributed by atoms with Gasteiger partial charge in [-0.3, -0.25) is 4.90 Å². The topological polar surface area (TPSA) is 15.3 Å². The van der Waals surface area contributed by atoms with E-state index in [9.17, 15) is 13.2 Å². The van der Waals surface area contributed by atoms with E-state index in [1.54, 1.807) is 0 Å². The van der Waals surface area contributed by atoms with Gasteiger partial charge >= 0.3 is 6.18 Å². The molecular formula is C13H19F3N2. The number of allylic oxidation sites excluding steroid dienone is 3. The fourth-order valence-electron chi connectivity index (χ4n) is 2.56. The molecule has 2 aliphatic rings. The van der Waals surface area contributed by atoms with Crippen LogP contribution in [0.3, 0.4) is 0 Å². The predicted octanol–water partition coefficient (Wildman–Crippen LogP) is 2.49. The van der Waals surface area contributed by atoms with Gasteiger partial charge in [0, 0.05) is 32.2 Å². The standard InChI is InChI=1S/C13H19F3N2/c1-10(18-7-5-17-6-8-18)11-3-2-4-12(9-11)13(14,15)16/h4,9-10,17H,2-3,5-8H2,1H3. The van der Waals surface area contributed by atoms with Gasteiger partial charge in [-0.25, -0.2) is 0 Å². The van der Waals surface area contributed by atoms with Gasteiger partial charge in [-0.1, -0.05) is 11.6 Å². The van der Waals surface area contributed by atoms with Crippen LogP contribution in [0.4, 0.5) is 13.2 Å². The Hall–Kier alpha value is -0.810. The van der Waals surface area contributed by atoms with Crippen LogP contribution < -0.4 is 5.32 Å². The minimum absolute atomic E-state index is 0.109. The summed E-state index contributed by atoms with van der Waals surface area (Å²) in [6, 6.07) is 0.109. The molecule has 0 aromatic carbocycles. The molecule has 18 heavy (non-hydrogen) atoms. The van der Waals surface area contributed by atoms with Crippen molar-refractivity contribution in [1.29, 1.82) is 0 Å². The molecule has 0 spiro atoms. The van der Waals surface area contributed by atoms with Crippen molar-refractivity contribution in [2.24, 2.45) is 0 Å². The first kappa shape index (κ1) is 13.6. The Morgan fingerprint density at radius 3 is 2.56 bits per heavy atom. The summed E-state index contributed by atoms with van der Waals surface area (Å²) in [4.78, 5) is 2.25. The molecule has 1 saturated heterocycles. The Morgan fingerprint density at radius 1 is 1.28 bits per heavy atom. The molecule has 0 aromatic heterocycles. The fraction of sp³-hybridized carbons (Fsp3) is 0.692. The molecule has 2 nitrogen and oxygen atoms in total. The van der Waals surface area contributed by atoms with E-state index < -0.39 is 11.7 Å². The Labute approximate surface area is 106 Å². The number of rotatable bonds is 2. The van der Waals surface area contributed by atoms with Crippen LogP contribution in [0.25, 0.3) is 0 Å². The van der Waals surface area contributed by atoms with Crippen molar-refractivity contribution in [3.63, 3.8) is 0 Å². The second kappa shape index (κ2) is 5.45. The zero-order valence-corrected chi connectivity index (χ0v) is 10.6. The van der Waals surface area contributed by atoms with Gasteiger partial charge in [0.05, 0.1) is 5.57 Å². The lowest BCUT2D eigenvalue weighted by Gasteiger charge is -2.35. The highest BCUT2D eigenvalue weighted by Crippen LogP contribution is 2.33. The highest BCUT2D eigenvalue weighted by molar-refractivity contribution is 5.33. The Kier molecular flexibility index (Phi) is 4.12. The molecule has 1 atom stereocenters. The van der Waals surface area contributed by atoms with Crippen molar-refractivity contribution < 1.29 is 13.2 Å². The van der Waals surface area contributed by atoms with E-state index in [0.29, 0.717) is 6.42 Å². The van der Waals surface area contributed by atoms with Crippen LogP contribution in [0.5, 0.6) is 0 Å². The molecule has 1 aliphatic heterocycles. The predicted molar refractivity (Wildman–Crippen MR) is 65.4 cm³/mol. The monoisotopic (exact) mass is 260 g/mol. The molecule has 1 N–H and O–H groups in total. The maximum atomic E-state index is 12.7. The first-order valence-corrected chi connectivity index (χ1v) is 6.41. The molecule has 2 rings (SSSR count). The zero-order chi connectivity index (χ0) is 13.2. The van der Waals surface area contributed by atoms with Crippen molar-refractivity contribution >= 4 is 0 Å². The Bertz CT molecular complexity index is 352. The molecule has 0 bridgehead atoms. The number of nitrogens with one attached hydrogen (secondary N) is 1. The third-order valence-electron chi connectivity index (χ3n) is 3.70. The maximum Gasteiger partial charge on any atom is 0.416 e. The van der Waals surface area contributed by atoms with E-state index in [0.717, 1.165) is 38.2 Å². The molecule has 1 unspecified atom stereocenters. The van der Waals surface area contributed by atoms with Crippen molar-refractivity contribution in [3.05, 3.63) is 23.3 Å². The van der Waals surface area contributed by atoms with Crippen LogP contribution >= 0.6 is 0 Å². The van der Waals surface area contributed by atoms with E-state index >= 15 is 0 Å². The van der Waals surface area contributed by atoms with Gasteiger partial charge in [0.1, 0.15) is 0 Å². The number of alkyl halides is 3. The summed E-state index contributed by atoms with van der Waals surface area (Å²) >= 11 is 0. The summed E-state index contributed by atoms with van der Waals surface area (Å²) in [5.41, 5.74) is 0.428. The summed E-state index contributed by atoms with van der Waals surface area (Å²) in [7, 11) is 0. The van der Waals surface area contributed by atoms with E-state index in [2.05, 4.69) is 10.2 Å². The summed E-state index contributed by atoms with van der Waals surface area (Å²) in [6.07, 6.45) is -0.333. The van der Waals surface area contributed by atoms with E-state index in [1.165, 1.54) is 12.2 Å². The minimum atomic E-state index is -4.21. The molecule has 0 saturated carbocycles. The quantitative estimate of drug-likeness (QED) is 0.820. The van der Waals surface area contributed by atoms with Gasteiger partial charge in [0.25, 0.3) is 0 Å². The zero-order valence-electron chi connectivity index (χ0n) is 10.6. The smallest absolute Gasteiger partial charge is 0.314 e. The first-order chi connectivity index (χ1) is 8.48. The van der Waals surface area contributed by atoms with E-state index in [-0.39, 0.29) is 6.04 Å². The molecule has 1 aliphatic carbocycles.